The topological polar surface area (TPSA) is 68.6 Å². The first kappa shape index (κ1) is 22.3. The molecule has 0 saturated carbocycles. The van der Waals surface area contributed by atoms with E-state index in [0.29, 0.717) is 21.7 Å². The Morgan fingerprint density at radius 3 is 2.68 bits per heavy atom. The minimum atomic E-state index is -0.264. The maximum Gasteiger partial charge on any atom is 0.319 e. The molecule has 0 amide bonds. The van der Waals surface area contributed by atoms with Crippen LogP contribution in [-0.2, 0) is 16.2 Å². The molecule has 0 aliphatic carbocycles. The fourth-order valence-corrected chi connectivity index (χ4v) is 3.84. The first-order valence-corrected chi connectivity index (χ1v) is 10.5. The molecule has 154 valence electrons. The second-order valence-corrected chi connectivity index (χ2v) is 8.03. The number of methoxy groups -OCH3 is 2. The van der Waals surface area contributed by atoms with Crippen LogP contribution in [0.4, 0.5) is 10.8 Å². The molecule has 0 atom stereocenters. The number of esters is 1. The van der Waals surface area contributed by atoms with Gasteiger partial charge in [-0.1, -0.05) is 50.2 Å². The van der Waals surface area contributed by atoms with Gasteiger partial charge >= 0.3 is 5.97 Å². The van der Waals surface area contributed by atoms with Crippen LogP contribution in [0.15, 0.2) is 24.3 Å². The zero-order chi connectivity index (χ0) is 20.5. The summed E-state index contributed by atoms with van der Waals surface area (Å²) in [5.41, 5.74) is 0.823. The van der Waals surface area contributed by atoms with Gasteiger partial charge in [-0.25, -0.2) is 4.68 Å². The Labute approximate surface area is 175 Å². The van der Waals surface area contributed by atoms with Gasteiger partial charge in [-0.2, -0.15) is 0 Å². The van der Waals surface area contributed by atoms with E-state index < -0.39 is 0 Å². The van der Waals surface area contributed by atoms with Gasteiger partial charge in [0.05, 0.1) is 33.1 Å². The second-order valence-electron chi connectivity index (χ2n) is 6.41. The number of para-hydroxylation sites is 2. The molecule has 0 unspecified atom stereocenters. The van der Waals surface area contributed by atoms with Gasteiger partial charge in [0.2, 0.25) is 5.13 Å². The van der Waals surface area contributed by atoms with Crippen LogP contribution in [0.1, 0.15) is 26.7 Å². The van der Waals surface area contributed by atoms with Crippen LogP contribution >= 0.6 is 23.6 Å². The number of anilines is 2. The Kier molecular flexibility index (Phi) is 8.88. The van der Waals surface area contributed by atoms with E-state index in [-0.39, 0.29) is 12.5 Å². The van der Waals surface area contributed by atoms with Gasteiger partial charge < -0.3 is 14.8 Å². The number of benzene rings is 1. The van der Waals surface area contributed by atoms with Crippen molar-refractivity contribution in [3.8, 4) is 5.75 Å². The Morgan fingerprint density at radius 2 is 2.04 bits per heavy atom. The molecule has 7 nitrogen and oxygen atoms in total. The van der Waals surface area contributed by atoms with E-state index in [1.807, 2.05) is 29.2 Å². The summed E-state index contributed by atoms with van der Waals surface area (Å²) in [6.07, 6.45) is 2.11. The third-order valence-corrected chi connectivity index (χ3v) is 5.76. The van der Waals surface area contributed by atoms with Crippen LogP contribution in [0.25, 0.3) is 0 Å². The lowest BCUT2D eigenvalue weighted by molar-refractivity contribution is -0.142. The van der Waals surface area contributed by atoms with Crippen molar-refractivity contribution < 1.29 is 14.3 Å². The van der Waals surface area contributed by atoms with Gasteiger partial charge in [-0.3, -0.25) is 9.69 Å². The monoisotopic (exact) mass is 424 g/mol. The summed E-state index contributed by atoms with van der Waals surface area (Å²) < 4.78 is 12.6. The molecular weight excluding hydrogens is 396 g/mol. The number of rotatable bonds is 11. The van der Waals surface area contributed by atoms with Gasteiger partial charge in [-0.05, 0) is 30.3 Å². The van der Waals surface area contributed by atoms with Crippen molar-refractivity contribution in [1.29, 1.82) is 0 Å². The van der Waals surface area contributed by atoms with E-state index in [4.69, 9.17) is 21.7 Å². The highest BCUT2D eigenvalue weighted by molar-refractivity contribution is 7.73. The number of carbonyl (C=O) groups excluding carboxylic acids is 1. The maximum atomic E-state index is 11.8. The quantitative estimate of drug-likeness (QED) is 0.426. The molecule has 1 heterocycles. The van der Waals surface area contributed by atoms with Gasteiger partial charge in [0.25, 0.3) is 0 Å². The molecule has 0 bridgehead atoms. The summed E-state index contributed by atoms with van der Waals surface area (Å²) in [6, 6.07) is 7.64. The highest BCUT2D eigenvalue weighted by Crippen LogP contribution is 2.28. The van der Waals surface area contributed by atoms with E-state index in [1.54, 1.807) is 11.8 Å². The molecule has 9 heteroatoms. The number of hydrogen-bond acceptors (Lipinski definition) is 8. The third-order valence-electron chi connectivity index (χ3n) is 4.54. The highest BCUT2D eigenvalue weighted by atomic mass is 32.1. The highest BCUT2D eigenvalue weighted by Gasteiger charge is 2.17. The first-order chi connectivity index (χ1) is 13.5. The van der Waals surface area contributed by atoms with Crippen molar-refractivity contribution >= 4 is 40.3 Å². The molecule has 2 rings (SSSR count). The average Bonchev–Trinajstić information content (AvgIpc) is 3.04. The maximum absolute atomic E-state index is 11.8. The third kappa shape index (κ3) is 6.29. The Bertz CT molecular complexity index is 818. The number of nitrogens with zero attached hydrogens (tertiary/aromatic N) is 3. The van der Waals surface area contributed by atoms with Crippen molar-refractivity contribution in [2.24, 2.45) is 5.92 Å². The van der Waals surface area contributed by atoms with Crippen molar-refractivity contribution in [1.82, 2.24) is 14.7 Å². The van der Waals surface area contributed by atoms with E-state index in [1.165, 1.54) is 18.4 Å². The van der Waals surface area contributed by atoms with Gasteiger partial charge in [0, 0.05) is 6.54 Å². The van der Waals surface area contributed by atoms with Crippen LogP contribution in [-0.4, -0.2) is 48.0 Å². The Hall–Kier alpha value is -1.97. The van der Waals surface area contributed by atoms with Crippen LogP contribution < -0.4 is 10.1 Å². The normalized spacial score (nSPS) is 11.1. The van der Waals surface area contributed by atoms with E-state index in [0.717, 1.165) is 30.8 Å². The van der Waals surface area contributed by atoms with Crippen LogP contribution in [0.2, 0.25) is 0 Å². The van der Waals surface area contributed by atoms with Gasteiger partial charge in [-0.15, -0.1) is 5.10 Å². The summed E-state index contributed by atoms with van der Waals surface area (Å²) in [5, 5.41) is 8.52. The van der Waals surface area contributed by atoms with Crippen LogP contribution in [0.5, 0.6) is 5.75 Å². The largest absolute Gasteiger partial charge is 0.495 e. The summed E-state index contributed by atoms with van der Waals surface area (Å²) in [5.74, 6) is 0.972. The number of aromatic nitrogens is 2. The standard InChI is InChI=1S/C19H28N4O3S2/c1-5-14(6-2)11-22(12-17(24)26-4)13-23-19(27)28-18(21-23)20-15-9-7-8-10-16(15)25-3/h7-10,14H,5-6,11-13H2,1-4H3,(H,20,21). The van der Waals surface area contributed by atoms with E-state index >= 15 is 0 Å². The van der Waals surface area contributed by atoms with E-state index in [9.17, 15) is 4.79 Å². The van der Waals surface area contributed by atoms with Crippen molar-refractivity contribution in [2.45, 2.75) is 33.4 Å². The smallest absolute Gasteiger partial charge is 0.319 e. The molecule has 0 fully saturated rings. The first-order valence-electron chi connectivity index (χ1n) is 9.27. The number of hydrogen-bond donors (Lipinski definition) is 1. The SMILES string of the molecule is CCC(CC)CN(CC(=O)OC)Cn1nc(Nc2ccccc2OC)sc1=S. The molecule has 1 aromatic carbocycles. The minimum Gasteiger partial charge on any atom is -0.495 e. The second kappa shape index (κ2) is 11.1. The van der Waals surface area contributed by atoms with Crippen molar-refractivity contribution in [3.63, 3.8) is 0 Å². The molecule has 1 aromatic heterocycles. The molecule has 0 saturated heterocycles. The lowest BCUT2D eigenvalue weighted by Gasteiger charge is -2.25. The van der Waals surface area contributed by atoms with E-state index in [2.05, 4.69) is 24.3 Å². The molecule has 0 aliphatic heterocycles. The number of ether oxygens (including phenoxy) is 2. The zero-order valence-electron chi connectivity index (χ0n) is 16.8. The summed E-state index contributed by atoms with van der Waals surface area (Å²) in [4.78, 5) is 13.9. The van der Waals surface area contributed by atoms with Crippen molar-refractivity contribution in [2.75, 3.05) is 32.6 Å². The fraction of sp³-hybridized carbons (Fsp3) is 0.526. The predicted molar refractivity (Wildman–Crippen MR) is 115 cm³/mol. The zero-order valence-corrected chi connectivity index (χ0v) is 18.4. The minimum absolute atomic E-state index is 0.210. The predicted octanol–water partition coefficient (Wildman–Crippen LogP) is 4.29. The Balaban J connectivity index is 2.16. The van der Waals surface area contributed by atoms with Crippen LogP contribution in [0, 0.1) is 9.87 Å². The molecule has 1 N–H and O–H groups in total. The van der Waals surface area contributed by atoms with Gasteiger partial charge in [0.1, 0.15) is 5.75 Å². The summed E-state index contributed by atoms with van der Waals surface area (Å²) in [7, 11) is 3.03. The number of carbonyl (C=O) groups is 1. The van der Waals surface area contributed by atoms with Crippen molar-refractivity contribution in [3.05, 3.63) is 28.2 Å². The molecule has 0 aliphatic rings. The Morgan fingerprint density at radius 1 is 1.32 bits per heavy atom. The molecule has 0 radical (unpaired) electrons. The molecular formula is C19H28N4O3S2. The average molecular weight is 425 g/mol. The summed E-state index contributed by atoms with van der Waals surface area (Å²) >= 11 is 6.87. The number of nitrogens with one attached hydrogen (secondary N) is 1. The lowest BCUT2D eigenvalue weighted by atomic mass is 10.0. The molecule has 28 heavy (non-hydrogen) atoms. The fourth-order valence-electron chi connectivity index (χ4n) is 2.83. The van der Waals surface area contributed by atoms with Crippen LogP contribution in [0.3, 0.4) is 0 Å². The molecule has 2 aromatic rings. The molecule has 0 spiro atoms. The summed E-state index contributed by atoms with van der Waals surface area (Å²) in [6.45, 7) is 5.76. The lowest BCUT2D eigenvalue weighted by Crippen LogP contribution is -2.36. The van der Waals surface area contributed by atoms with Gasteiger partial charge in [0.15, 0.2) is 3.95 Å².